The van der Waals surface area contributed by atoms with Crippen molar-refractivity contribution in [2.45, 2.75) is 26.4 Å². The zero-order chi connectivity index (χ0) is 23.1. The largest absolute Gasteiger partial charge is 0.507 e. The number of amides is 1. The third-order valence-corrected chi connectivity index (χ3v) is 6.31. The van der Waals surface area contributed by atoms with Crippen LogP contribution in [0.3, 0.4) is 0 Å². The fourth-order valence-electron chi connectivity index (χ4n) is 4.42. The van der Waals surface area contributed by atoms with Crippen LogP contribution in [0, 0.1) is 13.8 Å². The van der Waals surface area contributed by atoms with Gasteiger partial charge in [0, 0.05) is 47.2 Å². The van der Waals surface area contributed by atoms with Gasteiger partial charge in [0.2, 0.25) is 0 Å². The Bertz CT molecular complexity index is 1420. The number of benzene rings is 2. The van der Waals surface area contributed by atoms with Crippen molar-refractivity contribution in [3.8, 4) is 0 Å². The lowest BCUT2D eigenvalue weighted by Crippen LogP contribution is -2.29. The molecule has 1 unspecified atom stereocenters. The molecule has 6 nitrogen and oxygen atoms in total. The summed E-state index contributed by atoms with van der Waals surface area (Å²) in [6.45, 7) is 4.13. The summed E-state index contributed by atoms with van der Waals surface area (Å²) in [4.78, 5) is 35.4. The molecule has 4 aromatic rings. The van der Waals surface area contributed by atoms with Crippen LogP contribution in [-0.2, 0) is 16.1 Å². The smallest absolute Gasteiger partial charge is 0.295 e. The number of aromatic nitrogens is 2. The van der Waals surface area contributed by atoms with Gasteiger partial charge in [-0.15, -0.1) is 0 Å². The number of hydrogen-bond acceptors (Lipinski definition) is 4. The number of carbonyl (C=O) groups excluding carboxylic acids is 2. The van der Waals surface area contributed by atoms with Crippen molar-refractivity contribution in [3.05, 3.63) is 107 Å². The molecule has 2 N–H and O–H groups in total. The number of rotatable bonds is 4. The molecule has 0 spiro atoms. The molecule has 1 amide bonds. The predicted molar refractivity (Wildman–Crippen MR) is 126 cm³/mol. The molecule has 1 aliphatic heterocycles. The third kappa shape index (κ3) is 3.49. The summed E-state index contributed by atoms with van der Waals surface area (Å²) in [5.74, 6) is -1.50. The van der Waals surface area contributed by atoms with Crippen molar-refractivity contribution >= 4 is 28.4 Å². The Hall–Kier alpha value is -4.19. The van der Waals surface area contributed by atoms with E-state index in [0.29, 0.717) is 5.56 Å². The number of pyridine rings is 1. The van der Waals surface area contributed by atoms with Crippen molar-refractivity contribution < 1.29 is 14.7 Å². The first-order valence-electron chi connectivity index (χ1n) is 10.8. The van der Waals surface area contributed by atoms with E-state index in [0.717, 1.165) is 33.2 Å². The molecule has 0 radical (unpaired) electrons. The van der Waals surface area contributed by atoms with Crippen molar-refractivity contribution in [3.63, 3.8) is 0 Å². The van der Waals surface area contributed by atoms with Crippen LogP contribution in [0.1, 0.15) is 33.9 Å². The number of carbonyl (C=O) groups is 2. The number of para-hydroxylation sites is 1. The summed E-state index contributed by atoms with van der Waals surface area (Å²) >= 11 is 0. The lowest BCUT2D eigenvalue weighted by atomic mass is 9.94. The fourth-order valence-corrected chi connectivity index (χ4v) is 4.42. The van der Waals surface area contributed by atoms with Crippen LogP contribution in [0.25, 0.3) is 16.7 Å². The maximum absolute atomic E-state index is 13.3. The minimum Gasteiger partial charge on any atom is -0.507 e. The number of aliphatic hydroxyl groups excluding tert-OH is 1. The van der Waals surface area contributed by atoms with Gasteiger partial charge >= 0.3 is 0 Å². The highest BCUT2D eigenvalue weighted by Crippen LogP contribution is 2.42. The molecule has 3 heterocycles. The summed E-state index contributed by atoms with van der Waals surface area (Å²) < 4.78 is 0. The van der Waals surface area contributed by atoms with E-state index >= 15 is 0 Å². The number of hydrogen-bond donors (Lipinski definition) is 2. The van der Waals surface area contributed by atoms with Gasteiger partial charge in [0.15, 0.2) is 0 Å². The number of fused-ring (bicyclic) bond motifs is 1. The zero-order valence-electron chi connectivity index (χ0n) is 18.4. The van der Waals surface area contributed by atoms with Crippen molar-refractivity contribution in [1.29, 1.82) is 0 Å². The number of nitrogens with one attached hydrogen (secondary N) is 1. The molecule has 2 aromatic carbocycles. The number of ketones is 1. The van der Waals surface area contributed by atoms with Gasteiger partial charge in [-0.1, -0.05) is 36.4 Å². The van der Waals surface area contributed by atoms with Gasteiger partial charge in [-0.3, -0.25) is 14.6 Å². The highest BCUT2D eigenvalue weighted by atomic mass is 16.3. The second kappa shape index (κ2) is 8.06. The van der Waals surface area contributed by atoms with Crippen LogP contribution >= 0.6 is 0 Å². The molecule has 0 saturated carbocycles. The molecule has 1 aliphatic rings. The number of nitrogens with zero attached hydrogens (tertiary/aromatic N) is 2. The van der Waals surface area contributed by atoms with Crippen molar-refractivity contribution in [2.24, 2.45) is 0 Å². The molecule has 5 rings (SSSR count). The van der Waals surface area contributed by atoms with Crippen LogP contribution in [0.2, 0.25) is 0 Å². The lowest BCUT2D eigenvalue weighted by molar-refractivity contribution is -0.140. The molecule has 0 bridgehead atoms. The van der Waals surface area contributed by atoms with E-state index in [1.165, 1.54) is 4.90 Å². The highest BCUT2D eigenvalue weighted by molar-refractivity contribution is 6.46. The summed E-state index contributed by atoms with van der Waals surface area (Å²) in [5, 5.41) is 12.2. The van der Waals surface area contributed by atoms with Crippen molar-refractivity contribution in [2.75, 3.05) is 0 Å². The van der Waals surface area contributed by atoms with Crippen LogP contribution < -0.4 is 0 Å². The van der Waals surface area contributed by atoms with Gasteiger partial charge in [0.1, 0.15) is 5.76 Å². The Morgan fingerprint density at radius 3 is 2.64 bits per heavy atom. The van der Waals surface area contributed by atoms with Crippen LogP contribution in [-0.4, -0.2) is 31.7 Å². The molecule has 33 heavy (non-hydrogen) atoms. The highest BCUT2D eigenvalue weighted by Gasteiger charge is 2.46. The lowest BCUT2D eigenvalue weighted by Gasteiger charge is -2.25. The molecule has 1 saturated heterocycles. The molecule has 6 heteroatoms. The number of aliphatic hydroxyl groups is 1. The monoisotopic (exact) mass is 437 g/mol. The zero-order valence-corrected chi connectivity index (χ0v) is 18.4. The molecule has 0 aliphatic carbocycles. The average molecular weight is 437 g/mol. The molecule has 2 aromatic heterocycles. The Morgan fingerprint density at radius 2 is 1.88 bits per heavy atom. The van der Waals surface area contributed by atoms with Gasteiger partial charge in [0.05, 0.1) is 11.6 Å². The molecule has 1 atom stereocenters. The predicted octanol–water partition coefficient (Wildman–Crippen LogP) is 4.80. The maximum atomic E-state index is 13.3. The van der Waals surface area contributed by atoms with E-state index in [4.69, 9.17) is 0 Å². The van der Waals surface area contributed by atoms with Gasteiger partial charge in [-0.05, 0) is 48.7 Å². The Morgan fingerprint density at radius 1 is 1.06 bits per heavy atom. The molecule has 1 fully saturated rings. The second-order valence-electron chi connectivity index (χ2n) is 8.38. The Balaban J connectivity index is 1.72. The number of Topliss-reactive ketones (excluding diaryl/α,β-unsaturated/α-hetero) is 1. The van der Waals surface area contributed by atoms with E-state index in [9.17, 15) is 14.7 Å². The first kappa shape index (κ1) is 20.7. The average Bonchev–Trinajstić information content (AvgIpc) is 3.35. The normalized spacial score (nSPS) is 17.8. The topological polar surface area (TPSA) is 86.3 Å². The maximum Gasteiger partial charge on any atom is 0.295 e. The van der Waals surface area contributed by atoms with E-state index in [1.807, 2.05) is 62.5 Å². The van der Waals surface area contributed by atoms with E-state index < -0.39 is 17.7 Å². The number of H-pyrrole nitrogens is 1. The second-order valence-corrected chi connectivity index (χ2v) is 8.38. The summed E-state index contributed by atoms with van der Waals surface area (Å²) in [5.41, 5.74) is 5.14. The number of aryl methyl sites for hydroxylation is 2. The summed E-state index contributed by atoms with van der Waals surface area (Å²) in [7, 11) is 0. The van der Waals surface area contributed by atoms with E-state index in [1.54, 1.807) is 24.5 Å². The van der Waals surface area contributed by atoms with Gasteiger partial charge in [-0.25, -0.2) is 0 Å². The van der Waals surface area contributed by atoms with Crippen LogP contribution in [0.15, 0.2) is 78.8 Å². The number of aromatic amines is 1. The molecular formula is C27H23N3O3. The Labute approximate surface area is 191 Å². The van der Waals surface area contributed by atoms with Crippen molar-refractivity contribution in [1.82, 2.24) is 14.9 Å². The first-order valence-corrected chi connectivity index (χ1v) is 10.8. The number of likely N-dealkylation sites (tertiary alicyclic amines) is 1. The fraction of sp³-hybridized carbons (Fsp3) is 0.148. The Kier molecular flexibility index (Phi) is 5.05. The third-order valence-electron chi connectivity index (χ3n) is 6.31. The minimum atomic E-state index is -0.733. The molecular weight excluding hydrogens is 414 g/mol. The first-order chi connectivity index (χ1) is 16.0. The molecule has 164 valence electrons. The quantitative estimate of drug-likeness (QED) is 0.273. The standard InChI is InChI=1S/C27H23N3O3/c1-16-9-10-19(12-17(16)2)25(31)23-24(21-14-29-22-8-4-3-7-20(21)22)30(27(33)26(23)32)15-18-6-5-11-28-13-18/h3-14,24,29,31H,15H2,1-2H3/b25-23+. The van der Waals surface area contributed by atoms with Crippen LogP contribution in [0.4, 0.5) is 0 Å². The van der Waals surface area contributed by atoms with E-state index in [-0.39, 0.29) is 17.9 Å². The summed E-state index contributed by atoms with van der Waals surface area (Å²) in [6.07, 6.45) is 5.15. The minimum absolute atomic E-state index is 0.0943. The van der Waals surface area contributed by atoms with Crippen LogP contribution in [0.5, 0.6) is 0 Å². The van der Waals surface area contributed by atoms with Gasteiger partial charge in [0.25, 0.3) is 11.7 Å². The van der Waals surface area contributed by atoms with Gasteiger partial charge < -0.3 is 15.0 Å². The van der Waals surface area contributed by atoms with E-state index in [2.05, 4.69) is 9.97 Å². The SMILES string of the molecule is Cc1ccc(/C(O)=C2\C(=O)C(=O)N(Cc3cccnc3)C2c2c[nH]c3ccccc23)cc1C. The van der Waals surface area contributed by atoms with Gasteiger partial charge in [-0.2, -0.15) is 0 Å². The summed E-state index contributed by atoms with van der Waals surface area (Å²) in [6, 6.07) is 16.2.